The van der Waals surface area contributed by atoms with Crippen molar-refractivity contribution >= 4 is 126 Å². The van der Waals surface area contributed by atoms with Crippen LogP contribution in [0.3, 0.4) is 0 Å². The van der Waals surface area contributed by atoms with Crippen LogP contribution in [0.25, 0.3) is 102 Å². The van der Waals surface area contributed by atoms with Gasteiger partial charge >= 0.3 is 0 Å². The molecule has 324 valence electrons. The molecule has 0 spiro atoms. The molecule has 0 atom stereocenters. The molecule has 0 bridgehead atoms. The largest absolute Gasteiger partial charge is 0.311 e. The number of anilines is 3. The van der Waals surface area contributed by atoms with E-state index < -0.39 is 0 Å². The van der Waals surface area contributed by atoms with Gasteiger partial charge in [0, 0.05) is 59.1 Å². The van der Waals surface area contributed by atoms with Gasteiger partial charge in [-0.05, 0) is 138 Å². The highest BCUT2D eigenvalue weighted by Gasteiger charge is 2.44. The molecule has 0 aliphatic carbocycles. The van der Waals surface area contributed by atoms with Crippen LogP contribution in [0.15, 0.2) is 200 Å². The van der Waals surface area contributed by atoms with Gasteiger partial charge in [0.05, 0.1) is 11.0 Å². The smallest absolute Gasteiger partial charge is 0.252 e. The normalized spacial score (nSPS) is 13.2. The topological polar surface area (TPSA) is 8.17 Å². The van der Waals surface area contributed by atoms with Gasteiger partial charge < -0.3 is 9.47 Å². The van der Waals surface area contributed by atoms with Gasteiger partial charge in [0.25, 0.3) is 6.71 Å². The summed E-state index contributed by atoms with van der Waals surface area (Å²) in [7, 11) is 0. The molecular formula is C65H45BN2S. The zero-order valence-corrected chi connectivity index (χ0v) is 39.7. The second kappa shape index (κ2) is 14.1. The predicted molar refractivity (Wildman–Crippen MR) is 300 cm³/mol. The fourth-order valence-electron chi connectivity index (χ4n) is 12.5. The van der Waals surface area contributed by atoms with Crippen molar-refractivity contribution in [2.45, 2.75) is 33.1 Å². The number of nitrogens with zero attached hydrogens (tertiary/aromatic N) is 2. The highest BCUT2D eigenvalue weighted by atomic mass is 32.1. The lowest BCUT2D eigenvalue weighted by atomic mass is 9.33. The number of aromatic nitrogens is 1. The van der Waals surface area contributed by atoms with Crippen molar-refractivity contribution in [2.75, 3.05) is 4.90 Å². The van der Waals surface area contributed by atoms with Crippen molar-refractivity contribution in [3.8, 4) is 27.9 Å². The molecule has 0 fully saturated rings. The van der Waals surface area contributed by atoms with Crippen LogP contribution in [0.1, 0.15) is 31.9 Å². The summed E-state index contributed by atoms with van der Waals surface area (Å²) < 4.78 is 5.33. The van der Waals surface area contributed by atoms with Gasteiger partial charge in [0.2, 0.25) is 0 Å². The van der Waals surface area contributed by atoms with E-state index in [1.165, 1.54) is 147 Å². The molecule has 0 N–H and O–H groups in total. The monoisotopic (exact) mass is 896 g/mol. The van der Waals surface area contributed by atoms with Gasteiger partial charge in [0.15, 0.2) is 0 Å². The van der Waals surface area contributed by atoms with Gasteiger partial charge in [-0.2, -0.15) is 0 Å². The molecule has 2 aromatic heterocycles. The molecule has 0 radical (unpaired) electrons. The number of fused-ring (bicyclic) bond motifs is 14. The Balaban J connectivity index is 1.19. The zero-order valence-electron chi connectivity index (χ0n) is 38.9. The highest BCUT2D eigenvalue weighted by molar-refractivity contribution is 7.26. The first-order valence-electron chi connectivity index (χ1n) is 24.3. The molecule has 0 saturated heterocycles. The van der Waals surface area contributed by atoms with E-state index in [2.05, 4.69) is 237 Å². The number of aryl methyl sites for hydroxylation is 1. The molecule has 2 aliphatic heterocycles. The second-order valence-electron chi connectivity index (χ2n) is 20.5. The van der Waals surface area contributed by atoms with Crippen LogP contribution in [-0.4, -0.2) is 11.3 Å². The lowest BCUT2D eigenvalue weighted by Crippen LogP contribution is -2.60. The molecule has 2 aliphatic rings. The van der Waals surface area contributed by atoms with Crippen molar-refractivity contribution < 1.29 is 0 Å². The van der Waals surface area contributed by atoms with Gasteiger partial charge in [-0.3, -0.25) is 0 Å². The van der Waals surface area contributed by atoms with E-state index in [0.717, 1.165) is 0 Å². The van der Waals surface area contributed by atoms with Gasteiger partial charge in [-0.1, -0.05) is 172 Å². The van der Waals surface area contributed by atoms with Crippen LogP contribution in [0.5, 0.6) is 0 Å². The number of hydrogen-bond acceptors (Lipinski definition) is 2. The Morgan fingerprint density at radius 3 is 1.88 bits per heavy atom. The van der Waals surface area contributed by atoms with Crippen LogP contribution in [0.2, 0.25) is 0 Å². The van der Waals surface area contributed by atoms with Crippen molar-refractivity contribution in [1.82, 2.24) is 4.57 Å². The molecule has 11 aromatic carbocycles. The first-order valence-corrected chi connectivity index (χ1v) is 25.1. The summed E-state index contributed by atoms with van der Waals surface area (Å²) in [6, 6.07) is 76.3. The Morgan fingerprint density at radius 2 is 1.12 bits per heavy atom. The lowest BCUT2D eigenvalue weighted by molar-refractivity contribution is 0.591. The molecule has 4 heterocycles. The lowest BCUT2D eigenvalue weighted by Gasteiger charge is -2.41. The van der Waals surface area contributed by atoms with Crippen LogP contribution >= 0.6 is 11.3 Å². The molecule has 13 aromatic rings. The maximum Gasteiger partial charge on any atom is 0.252 e. The molecular weight excluding hydrogens is 852 g/mol. The Labute approximate surface area is 405 Å². The summed E-state index contributed by atoms with van der Waals surface area (Å²) in [5, 5.41) is 12.9. The Morgan fingerprint density at radius 1 is 0.449 bits per heavy atom. The van der Waals surface area contributed by atoms with E-state index >= 15 is 0 Å². The van der Waals surface area contributed by atoms with Gasteiger partial charge in [-0.25, -0.2) is 0 Å². The second-order valence-corrected chi connectivity index (χ2v) is 21.6. The SMILES string of the molecule is Cc1cc2c3c(c1)-n1c4cc(C(C)(C)C)ccc4c4c5c(-c6ccccc6)c6ccccc6c(-c6ccccc6)c5cc(c41)B3c1cc3sc4ccccc4c3cc1N2c1ccc2ccccc2c1. The summed E-state index contributed by atoms with van der Waals surface area (Å²) in [6.07, 6.45) is 0. The van der Waals surface area contributed by atoms with Crippen molar-refractivity contribution in [2.24, 2.45) is 0 Å². The van der Waals surface area contributed by atoms with E-state index in [4.69, 9.17) is 0 Å². The minimum atomic E-state index is -0.0492. The standard InChI is InChI=1S/C65H45BN2S/c1-38-31-55-63-56(32-38)68-53-34-43(65(2,3)4)28-30-48(53)62-61-50(59(40-18-7-5-8-19-40)46-24-13-14-25-47(46)60(61)41-20-9-6-10-21-41)35-52(64(62)68)66(63)51-37-58-49(45-23-15-16-26-57(45)69-58)36-54(51)67(55)44-29-27-39-17-11-12-22-42(39)33-44/h5-37H,1-4H3. The molecule has 69 heavy (non-hydrogen) atoms. The van der Waals surface area contributed by atoms with Crippen LogP contribution in [0.4, 0.5) is 17.1 Å². The van der Waals surface area contributed by atoms with E-state index in [1.807, 2.05) is 11.3 Å². The van der Waals surface area contributed by atoms with Crippen LogP contribution < -0.4 is 21.3 Å². The third-order valence-corrected chi connectivity index (χ3v) is 16.6. The maximum absolute atomic E-state index is 2.69. The summed E-state index contributed by atoms with van der Waals surface area (Å²) in [5.41, 5.74) is 19.1. The molecule has 0 unspecified atom stereocenters. The number of rotatable bonds is 3. The fourth-order valence-corrected chi connectivity index (χ4v) is 13.6. The van der Waals surface area contributed by atoms with E-state index in [1.54, 1.807) is 0 Å². The van der Waals surface area contributed by atoms with E-state index in [9.17, 15) is 0 Å². The average molecular weight is 897 g/mol. The van der Waals surface area contributed by atoms with Gasteiger partial charge in [-0.15, -0.1) is 11.3 Å². The Hall–Kier alpha value is -7.92. The summed E-state index contributed by atoms with van der Waals surface area (Å²) in [5.74, 6) is 0. The van der Waals surface area contributed by atoms with Crippen molar-refractivity contribution in [3.63, 3.8) is 0 Å². The van der Waals surface area contributed by atoms with Crippen LogP contribution in [-0.2, 0) is 5.41 Å². The summed E-state index contributed by atoms with van der Waals surface area (Å²) >= 11 is 1.92. The Kier molecular flexibility index (Phi) is 7.98. The van der Waals surface area contributed by atoms with E-state index in [-0.39, 0.29) is 12.1 Å². The summed E-state index contributed by atoms with van der Waals surface area (Å²) in [4.78, 5) is 2.60. The third kappa shape index (κ3) is 5.44. The average Bonchev–Trinajstić information content (AvgIpc) is 3.92. The Bertz CT molecular complexity index is 4360. The quantitative estimate of drug-likeness (QED) is 0.127. The zero-order chi connectivity index (χ0) is 45.9. The number of benzene rings is 11. The molecule has 0 saturated carbocycles. The predicted octanol–water partition coefficient (Wildman–Crippen LogP) is 16.2. The van der Waals surface area contributed by atoms with Crippen LogP contribution in [0, 0.1) is 6.92 Å². The molecule has 4 heteroatoms. The fraction of sp³-hybridized carbons (Fsp3) is 0.0769. The number of hydrogen-bond donors (Lipinski definition) is 0. The first-order chi connectivity index (χ1) is 33.8. The molecule has 15 rings (SSSR count). The van der Waals surface area contributed by atoms with Crippen molar-refractivity contribution in [1.29, 1.82) is 0 Å². The highest BCUT2D eigenvalue weighted by Crippen LogP contribution is 2.51. The van der Waals surface area contributed by atoms with Crippen molar-refractivity contribution in [3.05, 3.63) is 211 Å². The maximum atomic E-state index is 2.69. The molecule has 2 nitrogen and oxygen atoms in total. The minimum absolute atomic E-state index is 0.0435. The van der Waals surface area contributed by atoms with E-state index in [0.29, 0.717) is 0 Å². The third-order valence-electron chi connectivity index (χ3n) is 15.5. The van der Waals surface area contributed by atoms with Gasteiger partial charge in [0.1, 0.15) is 0 Å². The summed E-state index contributed by atoms with van der Waals surface area (Å²) in [6.45, 7) is 9.28. The first kappa shape index (κ1) is 39.1. The minimum Gasteiger partial charge on any atom is -0.311 e. The number of thiophene rings is 1. The molecule has 0 amide bonds.